The zero-order chi connectivity index (χ0) is 13.1. The van der Waals surface area contributed by atoms with E-state index >= 15 is 0 Å². The van der Waals surface area contributed by atoms with Gasteiger partial charge in [-0.1, -0.05) is 19.0 Å². The molecule has 100 valence electrons. The second kappa shape index (κ2) is 5.48. The van der Waals surface area contributed by atoms with Crippen LogP contribution < -0.4 is 5.32 Å². The minimum atomic E-state index is -0.349. The van der Waals surface area contributed by atoms with Crippen LogP contribution in [0.1, 0.15) is 44.3 Å². The predicted molar refractivity (Wildman–Crippen MR) is 63.8 cm³/mol. The first-order chi connectivity index (χ1) is 8.61. The summed E-state index contributed by atoms with van der Waals surface area (Å²) in [7, 11) is 1.39. The van der Waals surface area contributed by atoms with Crippen molar-refractivity contribution in [3.8, 4) is 0 Å². The molecule has 1 unspecified atom stereocenters. The van der Waals surface area contributed by atoms with Crippen LogP contribution in [-0.4, -0.2) is 29.3 Å². The summed E-state index contributed by atoms with van der Waals surface area (Å²) in [5.41, 5.74) is 0. The summed E-state index contributed by atoms with van der Waals surface area (Å²) in [4.78, 5) is 15.8. The topological polar surface area (TPSA) is 77.2 Å². The van der Waals surface area contributed by atoms with E-state index in [1.165, 1.54) is 7.11 Å². The maximum absolute atomic E-state index is 11.5. The number of rotatable bonds is 6. The van der Waals surface area contributed by atoms with Gasteiger partial charge in [-0.05, 0) is 18.8 Å². The molecule has 0 bridgehead atoms. The quantitative estimate of drug-likeness (QED) is 0.768. The summed E-state index contributed by atoms with van der Waals surface area (Å²) >= 11 is 0. The van der Waals surface area contributed by atoms with Crippen molar-refractivity contribution in [3.05, 3.63) is 11.7 Å². The smallest absolute Gasteiger partial charge is 0.323 e. The molecule has 1 aliphatic carbocycles. The fraction of sp³-hybridized carbons (Fsp3) is 0.750. The maximum Gasteiger partial charge on any atom is 0.323 e. The molecule has 1 heterocycles. The van der Waals surface area contributed by atoms with Crippen LogP contribution in [0.4, 0.5) is 0 Å². The number of nitrogens with one attached hydrogen (secondary N) is 1. The largest absolute Gasteiger partial charge is 0.468 e. The number of nitrogens with zero attached hydrogens (tertiary/aromatic N) is 2. The third kappa shape index (κ3) is 3.07. The van der Waals surface area contributed by atoms with Gasteiger partial charge in [0.15, 0.2) is 5.82 Å². The van der Waals surface area contributed by atoms with Gasteiger partial charge in [0.05, 0.1) is 13.7 Å². The van der Waals surface area contributed by atoms with Crippen LogP contribution in [-0.2, 0) is 16.1 Å². The Hall–Kier alpha value is -1.43. The third-order valence-electron chi connectivity index (χ3n) is 3.01. The molecule has 0 aliphatic heterocycles. The molecule has 0 radical (unpaired) electrons. The Morgan fingerprint density at radius 1 is 1.56 bits per heavy atom. The number of carbonyl (C=O) groups excluding carboxylic acids is 1. The molecular formula is C12H19N3O3. The lowest BCUT2D eigenvalue weighted by atomic mass is 10.0. The Labute approximate surface area is 106 Å². The molecule has 6 nitrogen and oxygen atoms in total. The van der Waals surface area contributed by atoms with Gasteiger partial charge in [-0.3, -0.25) is 10.1 Å². The van der Waals surface area contributed by atoms with Crippen LogP contribution in [0.15, 0.2) is 4.52 Å². The Bertz CT molecular complexity index is 412. The fourth-order valence-electron chi connectivity index (χ4n) is 1.75. The van der Waals surface area contributed by atoms with E-state index in [-0.39, 0.29) is 17.9 Å². The van der Waals surface area contributed by atoms with Crippen LogP contribution in [0, 0.1) is 5.92 Å². The Morgan fingerprint density at radius 2 is 2.28 bits per heavy atom. The molecule has 0 amide bonds. The van der Waals surface area contributed by atoms with Gasteiger partial charge >= 0.3 is 5.97 Å². The highest BCUT2D eigenvalue weighted by Gasteiger charge is 2.30. The molecule has 1 aromatic rings. The number of carbonyl (C=O) groups is 1. The Balaban J connectivity index is 1.89. The SMILES string of the molecule is COC(=O)C(NCc1noc(C2CC2)n1)C(C)C. The summed E-state index contributed by atoms with van der Waals surface area (Å²) in [6.07, 6.45) is 2.26. The zero-order valence-electron chi connectivity index (χ0n) is 11.0. The second-order valence-electron chi connectivity index (χ2n) is 4.95. The van der Waals surface area contributed by atoms with Gasteiger partial charge in [0.2, 0.25) is 5.89 Å². The van der Waals surface area contributed by atoms with Crippen molar-refractivity contribution in [3.63, 3.8) is 0 Å². The minimum absolute atomic E-state index is 0.146. The van der Waals surface area contributed by atoms with Crippen molar-refractivity contribution >= 4 is 5.97 Å². The Morgan fingerprint density at radius 3 is 2.83 bits per heavy atom. The number of hydrogen-bond donors (Lipinski definition) is 1. The number of ether oxygens (including phenoxy) is 1. The van der Waals surface area contributed by atoms with Crippen LogP contribution in [0.25, 0.3) is 0 Å². The molecule has 0 aromatic carbocycles. The van der Waals surface area contributed by atoms with Crippen LogP contribution in [0.3, 0.4) is 0 Å². The molecule has 18 heavy (non-hydrogen) atoms. The van der Waals surface area contributed by atoms with Crippen molar-refractivity contribution in [2.45, 2.75) is 45.2 Å². The molecule has 1 fully saturated rings. The number of methoxy groups -OCH3 is 1. The maximum atomic E-state index is 11.5. The molecule has 2 rings (SSSR count). The highest BCUT2D eigenvalue weighted by Crippen LogP contribution is 2.38. The molecule has 0 spiro atoms. The molecule has 6 heteroatoms. The van der Waals surface area contributed by atoms with E-state index < -0.39 is 0 Å². The molecule has 1 atom stereocenters. The van der Waals surface area contributed by atoms with Gasteiger partial charge in [-0.25, -0.2) is 0 Å². The fourth-order valence-corrected chi connectivity index (χ4v) is 1.75. The number of aromatic nitrogens is 2. The third-order valence-corrected chi connectivity index (χ3v) is 3.01. The Kier molecular flexibility index (Phi) is 3.96. The van der Waals surface area contributed by atoms with E-state index in [2.05, 4.69) is 15.5 Å². The normalized spacial score (nSPS) is 16.9. The first-order valence-electron chi connectivity index (χ1n) is 6.25. The van der Waals surface area contributed by atoms with Crippen molar-refractivity contribution in [2.24, 2.45) is 5.92 Å². The molecule has 1 aromatic heterocycles. The number of esters is 1. The van der Waals surface area contributed by atoms with Gasteiger partial charge in [0.25, 0.3) is 0 Å². The molecule has 1 aliphatic rings. The van der Waals surface area contributed by atoms with Crippen molar-refractivity contribution in [1.82, 2.24) is 15.5 Å². The van der Waals surface area contributed by atoms with Gasteiger partial charge in [0, 0.05) is 5.92 Å². The van der Waals surface area contributed by atoms with Gasteiger partial charge in [-0.15, -0.1) is 0 Å². The van der Waals surface area contributed by atoms with Gasteiger partial charge in [-0.2, -0.15) is 4.98 Å². The summed E-state index contributed by atoms with van der Waals surface area (Å²) < 4.78 is 9.90. The molecular weight excluding hydrogens is 234 g/mol. The first kappa shape index (κ1) is 13.0. The first-order valence-corrected chi connectivity index (χ1v) is 6.25. The van der Waals surface area contributed by atoms with Crippen molar-refractivity contribution in [2.75, 3.05) is 7.11 Å². The summed E-state index contributed by atoms with van der Waals surface area (Å²) in [6.45, 7) is 4.33. The predicted octanol–water partition coefficient (Wildman–Crippen LogP) is 1.23. The van der Waals surface area contributed by atoms with E-state index in [4.69, 9.17) is 9.26 Å². The van der Waals surface area contributed by atoms with Crippen molar-refractivity contribution in [1.29, 1.82) is 0 Å². The van der Waals surface area contributed by atoms with E-state index in [1.54, 1.807) is 0 Å². The van der Waals surface area contributed by atoms with E-state index in [0.29, 0.717) is 24.2 Å². The summed E-state index contributed by atoms with van der Waals surface area (Å²) in [6, 6.07) is -0.349. The molecule has 1 saturated carbocycles. The highest BCUT2D eigenvalue weighted by atomic mass is 16.5. The monoisotopic (exact) mass is 253 g/mol. The second-order valence-corrected chi connectivity index (χ2v) is 4.95. The lowest BCUT2D eigenvalue weighted by Gasteiger charge is -2.18. The van der Waals surface area contributed by atoms with E-state index in [1.807, 2.05) is 13.8 Å². The van der Waals surface area contributed by atoms with E-state index in [0.717, 1.165) is 12.8 Å². The molecule has 1 N–H and O–H groups in total. The summed E-state index contributed by atoms with van der Waals surface area (Å²) in [5, 5.41) is 6.99. The van der Waals surface area contributed by atoms with E-state index in [9.17, 15) is 4.79 Å². The lowest BCUT2D eigenvalue weighted by molar-refractivity contribution is -0.144. The molecule has 0 saturated heterocycles. The van der Waals surface area contributed by atoms with Crippen LogP contribution in [0.2, 0.25) is 0 Å². The zero-order valence-corrected chi connectivity index (χ0v) is 11.0. The highest BCUT2D eigenvalue weighted by molar-refractivity contribution is 5.75. The van der Waals surface area contributed by atoms with Crippen molar-refractivity contribution < 1.29 is 14.1 Å². The summed E-state index contributed by atoms with van der Waals surface area (Å²) in [5.74, 6) is 1.63. The average molecular weight is 253 g/mol. The number of hydrogen-bond acceptors (Lipinski definition) is 6. The lowest BCUT2D eigenvalue weighted by Crippen LogP contribution is -2.41. The standard InChI is InChI=1S/C12H19N3O3/c1-7(2)10(12(16)17-3)13-6-9-14-11(18-15-9)8-4-5-8/h7-8,10,13H,4-6H2,1-3H3. The average Bonchev–Trinajstić information content (AvgIpc) is 3.09. The van der Waals surface area contributed by atoms with Gasteiger partial charge < -0.3 is 9.26 Å². The van der Waals surface area contributed by atoms with Crippen LogP contribution >= 0.6 is 0 Å². The van der Waals surface area contributed by atoms with Crippen LogP contribution in [0.5, 0.6) is 0 Å². The van der Waals surface area contributed by atoms with Gasteiger partial charge in [0.1, 0.15) is 6.04 Å². The minimum Gasteiger partial charge on any atom is -0.468 e.